The van der Waals surface area contributed by atoms with Gasteiger partial charge in [-0.05, 0) is 6.92 Å². The first-order valence-corrected chi connectivity index (χ1v) is 4.04. The Morgan fingerprint density at radius 3 is 1.80 bits per heavy atom. The van der Waals surface area contributed by atoms with Crippen LogP contribution in [0.3, 0.4) is 0 Å². The Kier molecular flexibility index (Phi) is 6.12. The molecule has 0 aliphatic rings. The topological polar surface area (TPSA) is 9.23 Å². The van der Waals surface area contributed by atoms with Gasteiger partial charge >= 0.3 is 0 Å². The van der Waals surface area contributed by atoms with Crippen molar-refractivity contribution in [2.45, 2.75) is 6.92 Å². The summed E-state index contributed by atoms with van der Waals surface area (Å²) < 4.78 is 4.39. The molecule has 0 unspecified atom stereocenters. The van der Waals surface area contributed by atoms with E-state index in [9.17, 15) is 0 Å². The molecule has 1 nitrogen and oxygen atoms in total. The lowest BCUT2D eigenvalue weighted by atomic mass is 10.2. The van der Waals surface area contributed by atoms with Crippen molar-refractivity contribution in [1.29, 1.82) is 0 Å². The minimum atomic E-state index is 0.869. The quantitative estimate of drug-likeness (QED) is 0.505. The molecule has 0 spiro atoms. The molecule has 0 saturated heterocycles. The van der Waals surface area contributed by atoms with E-state index in [0.717, 1.165) is 10.5 Å². The molecule has 1 rings (SSSR count). The van der Waals surface area contributed by atoms with Crippen LogP contribution in [0, 0.1) is 6.92 Å². The average molecular weight is 154 g/mol. The normalized spacial score (nSPS) is 8.20. The van der Waals surface area contributed by atoms with E-state index in [-0.39, 0.29) is 0 Å². The first-order chi connectivity index (χ1) is 4.81. The molecule has 0 heterocycles. The number of hydrogen-bond acceptors (Lipinski definition) is 1. The lowest BCUT2D eigenvalue weighted by Gasteiger charge is -1.82. The Morgan fingerprint density at radius 1 is 1.20 bits per heavy atom. The summed E-state index contributed by atoms with van der Waals surface area (Å²) in [4.78, 5) is 0. The Balaban J connectivity index is 0.000000236. The molecule has 0 bridgehead atoms. The summed E-state index contributed by atoms with van der Waals surface area (Å²) in [6.07, 6.45) is 0. The van der Waals surface area contributed by atoms with Crippen molar-refractivity contribution in [2.24, 2.45) is 0 Å². The van der Waals surface area contributed by atoms with Gasteiger partial charge in [0.05, 0.1) is 0 Å². The van der Waals surface area contributed by atoms with Gasteiger partial charge in [0, 0.05) is 7.11 Å². The Labute approximate surface area is 65.6 Å². The van der Waals surface area contributed by atoms with Crippen LogP contribution in [0.1, 0.15) is 5.56 Å². The van der Waals surface area contributed by atoms with E-state index in [2.05, 4.69) is 23.5 Å². The van der Waals surface area contributed by atoms with Gasteiger partial charge in [0.1, 0.15) is 10.5 Å². The number of hydrogen-bond donors (Lipinski definition) is 0. The predicted molar refractivity (Wildman–Crippen MR) is 48.1 cm³/mol. The fraction of sp³-hybridized carbons (Fsp3) is 0.250. The molecule has 1 aromatic carbocycles. The lowest BCUT2D eigenvalue weighted by molar-refractivity contribution is 0.460. The maximum atomic E-state index is 4.39. The van der Waals surface area contributed by atoms with Crippen LogP contribution in [0.5, 0.6) is 0 Å². The number of rotatable bonds is 0. The van der Waals surface area contributed by atoms with Crippen molar-refractivity contribution >= 4 is 10.5 Å². The predicted octanol–water partition coefficient (Wildman–Crippen LogP) is 0.908. The molecule has 56 valence electrons. The van der Waals surface area contributed by atoms with Crippen LogP contribution < -0.4 is 0 Å². The van der Waals surface area contributed by atoms with Gasteiger partial charge in [0.2, 0.25) is 0 Å². The van der Waals surface area contributed by atoms with Crippen molar-refractivity contribution in [2.75, 3.05) is 7.11 Å². The largest absolute Gasteiger partial charge is 0.431 e. The van der Waals surface area contributed by atoms with Gasteiger partial charge in [-0.2, -0.15) is 0 Å². The standard InChI is InChI=1S/C7H8.CH6OSi/c1-7-5-3-2-4-6-7;1-2-3/h2-6H,1H3;1,3H3. The molecular weight excluding hydrogens is 140 g/mol. The molecule has 0 radical (unpaired) electrons. The van der Waals surface area contributed by atoms with Gasteiger partial charge < -0.3 is 4.43 Å². The number of benzene rings is 1. The van der Waals surface area contributed by atoms with Crippen molar-refractivity contribution in [3.05, 3.63) is 35.9 Å². The van der Waals surface area contributed by atoms with Crippen LogP contribution in [-0.4, -0.2) is 17.6 Å². The highest BCUT2D eigenvalue weighted by Crippen LogP contribution is 1.92. The van der Waals surface area contributed by atoms with Crippen molar-refractivity contribution in [3.8, 4) is 0 Å². The SMILES string of the molecule is CO[SiH3].Cc1ccccc1. The molecule has 0 saturated carbocycles. The van der Waals surface area contributed by atoms with E-state index in [4.69, 9.17) is 0 Å². The molecule has 2 heteroatoms. The third kappa shape index (κ3) is 5.53. The zero-order chi connectivity index (χ0) is 7.82. The molecule has 0 N–H and O–H groups in total. The van der Waals surface area contributed by atoms with Gasteiger partial charge in [0.15, 0.2) is 0 Å². The summed E-state index contributed by atoms with van der Waals surface area (Å²) in [5.74, 6) is 0. The monoisotopic (exact) mass is 154 g/mol. The molecule has 1 aromatic rings. The van der Waals surface area contributed by atoms with Gasteiger partial charge in [-0.15, -0.1) is 0 Å². The molecule has 0 aromatic heterocycles. The summed E-state index contributed by atoms with van der Waals surface area (Å²) in [6, 6.07) is 10.3. The van der Waals surface area contributed by atoms with E-state index in [0.29, 0.717) is 0 Å². The van der Waals surface area contributed by atoms with E-state index in [1.54, 1.807) is 7.11 Å². The first-order valence-electron chi connectivity index (χ1n) is 3.23. The molecule has 0 amide bonds. The van der Waals surface area contributed by atoms with Crippen LogP contribution in [-0.2, 0) is 4.43 Å². The van der Waals surface area contributed by atoms with Gasteiger partial charge in [0.25, 0.3) is 0 Å². The molecule has 0 aliphatic heterocycles. The van der Waals surface area contributed by atoms with Gasteiger partial charge in [-0.3, -0.25) is 0 Å². The summed E-state index contributed by atoms with van der Waals surface area (Å²) in [5.41, 5.74) is 1.32. The third-order valence-corrected chi connectivity index (χ3v) is 0.940. The van der Waals surface area contributed by atoms with Crippen LogP contribution in [0.15, 0.2) is 30.3 Å². The Morgan fingerprint density at radius 2 is 1.60 bits per heavy atom. The second-order valence-corrected chi connectivity index (χ2v) is 2.88. The second kappa shape index (κ2) is 6.52. The molecule has 0 atom stereocenters. The Bertz CT molecular complexity index is 151. The van der Waals surface area contributed by atoms with Crippen LogP contribution in [0.2, 0.25) is 0 Å². The molecular formula is C8H14OSi. The Hall–Kier alpha value is -0.603. The van der Waals surface area contributed by atoms with E-state index in [1.807, 2.05) is 18.2 Å². The summed E-state index contributed by atoms with van der Waals surface area (Å²) >= 11 is 0. The zero-order valence-electron chi connectivity index (χ0n) is 6.79. The molecule has 10 heavy (non-hydrogen) atoms. The fourth-order valence-electron chi connectivity index (χ4n) is 0.534. The third-order valence-electron chi connectivity index (χ3n) is 0.940. The highest BCUT2D eigenvalue weighted by molar-refractivity contribution is 5.97. The van der Waals surface area contributed by atoms with Crippen LogP contribution >= 0.6 is 0 Å². The lowest BCUT2D eigenvalue weighted by Crippen LogP contribution is -1.62. The van der Waals surface area contributed by atoms with E-state index in [1.165, 1.54) is 5.56 Å². The summed E-state index contributed by atoms with van der Waals surface area (Å²) in [6.45, 7) is 2.08. The fourth-order valence-corrected chi connectivity index (χ4v) is 0.534. The van der Waals surface area contributed by atoms with Gasteiger partial charge in [-0.25, -0.2) is 0 Å². The maximum Gasteiger partial charge on any atom is 0.145 e. The van der Waals surface area contributed by atoms with Crippen molar-refractivity contribution in [1.82, 2.24) is 0 Å². The smallest absolute Gasteiger partial charge is 0.145 e. The van der Waals surface area contributed by atoms with Crippen molar-refractivity contribution < 1.29 is 4.43 Å². The minimum Gasteiger partial charge on any atom is -0.431 e. The van der Waals surface area contributed by atoms with Crippen LogP contribution in [0.4, 0.5) is 0 Å². The minimum absolute atomic E-state index is 0.869. The highest BCUT2D eigenvalue weighted by atomic mass is 28.2. The van der Waals surface area contributed by atoms with Crippen molar-refractivity contribution in [3.63, 3.8) is 0 Å². The highest BCUT2D eigenvalue weighted by Gasteiger charge is 1.72. The molecule has 0 fully saturated rings. The van der Waals surface area contributed by atoms with Gasteiger partial charge in [-0.1, -0.05) is 35.9 Å². The summed E-state index contributed by atoms with van der Waals surface area (Å²) in [7, 11) is 2.56. The maximum absolute atomic E-state index is 4.39. The van der Waals surface area contributed by atoms with Crippen LogP contribution in [0.25, 0.3) is 0 Å². The second-order valence-electron chi connectivity index (χ2n) is 2.06. The average Bonchev–Trinajstić information content (AvgIpc) is 1.91. The number of aryl methyl sites for hydroxylation is 1. The van der Waals surface area contributed by atoms with E-state index >= 15 is 0 Å². The first kappa shape index (κ1) is 9.40. The summed E-state index contributed by atoms with van der Waals surface area (Å²) in [5, 5.41) is 0. The zero-order valence-corrected chi connectivity index (χ0v) is 8.79. The molecule has 0 aliphatic carbocycles. The van der Waals surface area contributed by atoms with E-state index < -0.39 is 0 Å².